The highest BCUT2D eigenvalue weighted by molar-refractivity contribution is 5.40. The van der Waals surface area contributed by atoms with Gasteiger partial charge in [-0.2, -0.15) is 0 Å². The van der Waals surface area contributed by atoms with Gasteiger partial charge in [-0.15, -0.1) is 0 Å². The van der Waals surface area contributed by atoms with E-state index in [0.29, 0.717) is 12.4 Å². The fraction of sp³-hybridized carbons (Fsp3) is 0.909. The molecule has 3 nitrogen and oxygen atoms in total. The van der Waals surface area contributed by atoms with Crippen LogP contribution < -0.4 is 0 Å². The van der Waals surface area contributed by atoms with Gasteiger partial charge in [0.05, 0.1) is 0 Å². The Labute approximate surface area is 85.1 Å². The Morgan fingerprint density at radius 3 is 2.43 bits per heavy atom. The SMILES string of the molecule is CC1CCC2CC1(OC=O)C2(C)C.O. The second-order valence-electron chi connectivity index (χ2n) is 5.20. The van der Waals surface area contributed by atoms with Crippen molar-refractivity contribution in [1.29, 1.82) is 0 Å². The molecule has 3 saturated carbocycles. The van der Waals surface area contributed by atoms with Gasteiger partial charge in [0.25, 0.3) is 6.47 Å². The van der Waals surface area contributed by atoms with E-state index < -0.39 is 0 Å². The van der Waals surface area contributed by atoms with Crippen LogP contribution in [0.1, 0.15) is 40.0 Å². The molecule has 3 heteroatoms. The highest BCUT2D eigenvalue weighted by Crippen LogP contribution is 2.65. The zero-order valence-electron chi connectivity index (χ0n) is 9.17. The molecule has 0 spiro atoms. The predicted octanol–water partition coefficient (Wildman–Crippen LogP) is 1.55. The van der Waals surface area contributed by atoms with Gasteiger partial charge >= 0.3 is 0 Å². The lowest BCUT2D eigenvalue weighted by Gasteiger charge is -2.66. The molecule has 3 rings (SSSR count). The summed E-state index contributed by atoms with van der Waals surface area (Å²) in [6.45, 7) is 7.32. The lowest BCUT2D eigenvalue weighted by molar-refractivity contribution is -0.259. The number of hydrogen-bond acceptors (Lipinski definition) is 2. The number of hydrogen-bond donors (Lipinski definition) is 0. The average Bonchev–Trinajstić information content (AvgIpc) is 2.08. The molecule has 0 aromatic heterocycles. The zero-order chi connectivity index (χ0) is 9.69. The van der Waals surface area contributed by atoms with E-state index in [2.05, 4.69) is 20.8 Å². The standard InChI is InChI=1S/C11H18O2.H2O/c1-8-4-5-9-6-11(8,13-7-12)10(9,2)3;/h7-9H,4-6H2,1-3H3;1H2. The molecule has 2 bridgehead atoms. The first kappa shape index (κ1) is 11.5. The van der Waals surface area contributed by atoms with E-state index in [-0.39, 0.29) is 16.5 Å². The Morgan fingerprint density at radius 2 is 2.00 bits per heavy atom. The summed E-state index contributed by atoms with van der Waals surface area (Å²) >= 11 is 0. The van der Waals surface area contributed by atoms with E-state index >= 15 is 0 Å². The van der Waals surface area contributed by atoms with Gasteiger partial charge in [-0.05, 0) is 31.1 Å². The molecule has 0 aliphatic heterocycles. The molecule has 0 aromatic carbocycles. The van der Waals surface area contributed by atoms with E-state index in [0.717, 1.165) is 12.3 Å². The Morgan fingerprint density at radius 1 is 1.36 bits per heavy atom. The molecule has 0 aromatic rings. The van der Waals surface area contributed by atoms with Crippen LogP contribution in [0, 0.1) is 17.3 Å². The maximum Gasteiger partial charge on any atom is 0.293 e. The van der Waals surface area contributed by atoms with Crippen molar-refractivity contribution in [2.45, 2.75) is 45.6 Å². The first-order valence-electron chi connectivity index (χ1n) is 5.16. The third-order valence-corrected chi connectivity index (χ3v) is 4.66. The summed E-state index contributed by atoms with van der Waals surface area (Å²) in [6.07, 6.45) is 3.60. The lowest BCUT2D eigenvalue weighted by Crippen LogP contribution is -2.68. The van der Waals surface area contributed by atoms with Crippen LogP contribution in [0.5, 0.6) is 0 Å². The third-order valence-electron chi connectivity index (χ3n) is 4.66. The molecule has 0 amide bonds. The van der Waals surface area contributed by atoms with Gasteiger partial charge in [0, 0.05) is 5.41 Å². The van der Waals surface area contributed by atoms with Crippen LogP contribution in [0.4, 0.5) is 0 Å². The maximum absolute atomic E-state index is 10.5. The summed E-state index contributed by atoms with van der Waals surface area (Å²) in [6, 6.07) is 0. The van der Waals surface area contributed by atoms with E-state index in [9.17, 15) is 4.79 Å². The molecule has 0 radical (unpaired) electrons. The Balaban J connectivity index is 0.000000980. The molecule has 3 fully saturated rings. The fourth-order valence-corrected chi connectivity index (χ4v) is 3.48. The molecule has 3 unspecified atom stereocenters. The van der Waals surface area contributed by atoms with E-state index in [1.54, 1.807) is 0 Å². The van der Waals surface area contributed by atoms with Crippen LogP contribution in [0.3, 0.4) is 0 Å². The Kier molecular flexibility index (Phi) is 2.65. The molecule has 3 aliphatic carbocycles. The van der Waals surface area contributed by atoms with Crippen LogP contribution in [0.25, 0.3) is 0 Å². The third kappa shape index (κ3) is 1.05. The summed E-state index contributed by atoms with van der Waals surface area (Å²) < 4.78 is 5.38. The first-order chi connectivity index (χ1) is 6.04. The molecule has 0 heterocycles. The van der Waals surface area contributed by atoms with Gasteiger partial charge < -0.3 is 10.2 Å². The molecule has 0 saturated heterocycles. The molecular formula is C11H20O3. The van der Waals surface area contributed by atoms with Crippen molar-refractivity contribution in [3.8, 4) is 0 Å². The highest BCUT2D eigenvalue weighted by Gasteiger charge is 2.66. The monoisotopic (exact) mass is 200 g/mol. The highest BCUT2D eigenvalue weighted by atomic mass is 16.5. The normalized spacial score (nSPS) is 43.1. The van der Waals surface area contributed by atoms with Crippen molar-refractivity contribution in [1.82, 2.24) is 0 Å². The van der Waals surface area contributed by atoms with Crippen molar-refractivity contribution in [3.63, 3.8) is 0 Å². The molecule has 14 heavy (non-hydrogen) atoms. The minimum atomic E-state index is -0.141. The van der Waals surface area contributed by atoms with Crippen LogP contribution in [0.15, 0.2) is 0 Å². The Hall–Kier alpha value is -0.570. The molecule has 2 N–H and O–H groups in total. The smallest absolute Gasteiger partial charge is 0.293 e. The fourth-order valence-electron chi connectivity index (χ4n) is 3.48. The van der Waals surface area contributed by atoms with Crippen molar-refractivity contribution < 1.29 is 15.0 Å². The first-order valence-corrected chi connectivity index (χ1v) is 5.16. The van der Waals surface area contributed by atoms with E-state index in [1.165, 1.54) is 12.8 Å². The van der Waals surface area contributed by atoms with Gasteiger partial charge in [0.15, 0.2) is 0 Å². The summed E-state index contributed by atoms with van der Waals surface area (Å²) in [7, 11) is 0. The van der Waals surface area contributed by atoms with E-state index in [4.69, 9.17) is 4.74 Å². The van der Waals surface area contributed by atoms with Gasteiger partial charge in [-0.1, -0.05) is 20.8 Å². The van der Waals surface area contributed by atoms with Crippen LogP contribution in [0.2, 0.25) is 0 Å². The van der Waals surface area contributed by atoms with Crippen molar-refractivity contribution in [2.24, 2.45) is 17.3 Å². The topological polar surface area (TPSA) is 57.8 Å². The summed E-state index contributed by atoms with van der Waals surface area (Å²) in [5, 5.41) is 0. The second kappa shape index (κ2) is 3.23. The van der Waals surface area contributed by atoms with Gasteiger partial charge in [-0.25, -0.2) is 0 Å². The van der Waals surface area contributed by atoms with E-state index in [1.807, 2.05) is 0 Å². The van der Waals surface area contributed by atoms with Crippen LogP contribution in [-0.2, 0) is 9.53 Å². The van der Waals surface area contributed by atoms with Crippen LogP contribution in [-0.4, -0.2) is 17.5 Å². The number of fused-ring (bicyclic) bond motifs is 2. The minimum absolute atomic E-state index is 0. The van der Waals surface area contributed by atoms with Crippen molar-refractivity contribution >= 4 is 6.47 Å². The minimum Gasteiger partial charge on any atom is -0.460 e. The number of carbonyl (C=O) groups excluding carboxylic acids is 1. The van der Waals surface area contributed by atoms with Crippen molar-refractivity contribution in [3.05, 3.63) is 0 Å². The quantitative estimate of drug-likeness (QED) is 0.635. The van der Waals surface area contributed by atoms with Crippen LogP contribution >= 0.6 is 0 Å². The summed E-state index contributed by atoms with van der Waals surface area (Å²) in [5.41, 5.74) is 0.0588. The maximum atomic E-state index is 10.5. The average molecular weight is 200 g/mol. The zero-order valence-corrected chi connectivity index (χ0v) is 9.17. The van der Waals surface area contributed by atoms with Gasteiger partial charge in [0.2, 0.25) is 0 Å². The second-order valence-corrected chi connectivity index (χ2v) is 5.20. The number of carbonyl (C=O) groups is 1. The largest absolute Gasteiger partial charge is 0.460 e. The summed E-state index contributed by atoms with van der Waals surface area (Å²) in [5.74, 6) is 1.29. The number of rotatable bonds is 2. The molecular weight excluding hydrogens is 180 g/mol. The summed E-state index contributed by atoms with van der Waals surface area (Å²) in [4.78, 5) is 10.5. The predicted molar refractivity (Wildman–Crippen MR) is 53.8 cm³/mol. The molecule has 3 atom stereocenters. The molecule has 3 aliphatic rings. The Bertz CT molecular complexity index is 237. The van der Waals surface area contributed by atoms with Crippen molar-refractivity contribution in [2.75, 3.05) is 0 Å². The van der Waals surface area contributed by atoms with Gasteiger partial charge in [0.1, 0.15) is 5.60 Å². The molecule has 82 valence electrons. The van der Waals surface area contributed by atoms with Gasteiger partial charge in [-0.3, -0.25) is 4.79 Å². The number of ether oxygens (including phenoxy) is 1. The lowest BCUT2D eigenvalue weighted by atomic mass is 9.43.